The molecule has 0 radical (unpaired) electrons. The van der Waals surface area contributed by atoms with Gasteiger partial charge in [0, 0.05) is 18.6 Å². The van der Waals surface area contributed by atoms with E-state index in [0.29, 0.717) is 0 Å². The van der Waals surface area contributed by atoms with Crippen LogP contribution in [0.2, 0.25) is 0 Å². The second kappa shape index (κ2) is 3.48. The third-order valence-corrected chi connectivity index (χ3v) is 3.50. The van der Waals surface area contributed by atoms with Gasteiger partial charge in [0.15, 0.2) is 5.78 Å². The van der Waals surface area contributed by atoms with Gasteiger partial charge < -0.3 is 4.40 Å². The highest BCUT2D eigenvalue weighted by molar-refractivity contribution is 5.96. The van der Waals surface area contributed by atoms with Crippen LogP contribution >= 0.6 is 0 Å². The minimum absolute atomic E-state index is 0.185. The predicted octanol–water partition coefficient (Wildman–Crippen LogP) is 3.02. The van der Waals surface area contributed by atoms with E-state index in [0.717, 1.165) is 18.5 Å². The molecule has 0 amide bonds. The predicted molar refractivity (Wildman–Crippen MR) is 64.0 cm³/mol. The summed E-state index contributed by atoms with van der Waals surface area (Å²) in [6, 6.07) is 6.16. The van der Waals surface area contributed by atoms with Crippen LogP contribution in [0.1, 0.15) is 41.4 Å². The van der Waals surface area contributed by atoms with Crippen LogP contribution in [-0.2, 0) is 12.8 Å². The smallest absolute Gasteiger partial charge is 0.176 e. The Morgan fingerprint density at radius 2 is 1.94 bits per heavy atom. The summed E-state index contributed by atoms with van der Waals surface area (Å²) in [5, 5.41) is 0. The Hall–Kier alpha value is -1.57. The highest BCUT2D eigenvalue weighted by atomic mass is 16.1. The fourth-order valence-corrected chi connectivity index (χ4v) is 2.86. The molecule has 0 saturated carbocycles. The van der Waals surface area contributed by atoms with E-state index in [9.17, 15) is 4.79 Å². The number of hydrogen-bond donors (Lipinski definition) is 0. The first-order valence-electron chi connectivity index (χ1n) is 5.91. The van der Waals surface area contributed by atoms with Crippen LogP contribution in [0.3, 0.4) is 0 Å². The van der Waals surface area contributed by atoms with Gasteiger partial charge in [0.1, 0.15) is 0 Å². The molecular formula is C14H15NO. The minimum Gasteiger partial charge on any atom is -0.313 e. The number of nitrogens with zero attached hydrogens (tertiary/aromatic N) is 1. The molecule has 1 aliphatic carbocycles. The maximum absolute atomic E-state index is 11.8. The summed E-state index contributed by atoms with van der Waals surface area (Å²) in [6.07, 6.45) is 6.65. The van der Waals surface area contributed by atoms with Gasteiger partial charge in [-0.05, 0) is 48.9 Å². The molecule has 82 valence electrons. The second-order valence-electron chi connectivity index (χ2n) is 4.52. The van der Waals surface area contributed by atoms with E-state index < -0.39 is 0 Å². The lowest BCUT2D eigenvalue weighted by Crippen LogP contribution is -2.05. The summed E-state index contributed by atoms with van der Waals surface area (Å²) in [6.45, 7) is 1.67. The van der Waals surface area contributed by atoms with Crippen LogP contribution in [0.5, 0.6) is 0 Å². The summed E-state index contributed by atoms with van der Waals surface area (Å²) in [7, 11) is 0. The Balaban J connectivity index is 2.41. The number of fused-ring (bicyclic) bond motifs is 3. The summed E-state index contributed by atoms with van der Waals surface area (Å²) in [5.74, 6) is 0.185. The lowest BCUT2D eigenvalue weighted by atomic mass is 9.92. The zero-order valence-electron chi connectivity index (χ0n) is 9.49. The van der Waals surface area contributed by atoms with Crippen LogP contribution in [-0.4, -0.2) is 10.2 Å². The maximum Gasteiger partial charge on any atom is 0.176 e. The number of aryl methyl sites for hydroxylation is 1. The molecule has 0 N–H and O–H groups in total. The minimum atomic E-state index is 0.185. The zero-order chi connectivity index (χ0) is 11.1. The molecular weight excluding hydrogens is 198 g/mol. The Morgan fingerprint density at radius 3 is 2.69 bits per heavy atom. The monoisotopic (exact) mass is 213 g/mol. The Kier molecular flexibility index (Phi) is 2.10. The average Bonchev–Trinajstić information content (AvgIpc) is 2.63. The van der Waals surface area contributed by atoms with Crippen molar-refractivity contribution in [3.8, 4) is 0 Å². The molecule has 0 unspecified atom stereocenters. The number of Topliss-reactive ketones (excluding diaryl/α,β-unsaturated/α-hetero) is 1. The molecule has 0 saturated heterocycles. The molecule has 0 atom stereocenters. The molecule has 2 nitrogen and oxygen atoms in total. The molecule has 2 heterocycles. The van der Waals surface area contributed by atoms with Gasteiger partial charge in [-0.25, -0.2) is 0 Å². The van der Waals surface area contributed by atoms with Gasteiger partial charge in [-0.2, -0.15) is 0 Å². The van der Waals surface area contributed by atoms with Gasteiger partial charge in [-0.3, -0.25) is 4.79 Å². The normalized spacial score (nSPS) is 15.1. The number of pyridine rings is 1. The lowest BCUT2D eigenvalue weighted by molar-refractivity contribution is 0.101. The summed E-state index contributed by atoms with van der Waals surface area (Å²) >= 11 is 0. The van der Waals surface area contributed by atoms with Crippen molar-refractivity contribution in [3.05, 3.63) is 41.2 Å². The third-order valence-electron chi connectivity index (χ3n) is 3.50. The van der Waals surface area contributed by atoms with Gasteiger partial charge in [0.2, 0.25) is 0 Å². The van der Waals surface area contributed by atoms with Crippen LogP contribution < -0.4 is 0 Å². The topological polar surface area (TPSA) is 21.5 Å². The Labute approximate surface area is 94.9 Å². The van der Waals surface area contributed by atoms with Crippen molar-refractivity contribution < 1.29 is 4.79 Å². The quantitative estimate of drug-likeness (QED) is 0.667. The van der Waals surface area contributed by atoms with Gasteiger partial charge in [0.05, 0.1) is 5.69 Å². The number of carbonyl (C=O) groups is 1. The molecule has 3 rings (SSSR count). The molecule has 2 aromatic rings. The van der Waals surface area contributed by atoms with Gasteiger partial charge >= 0.3 is 0 Å². The first-order valence-corrected chi connectivity index (χ1v) is 5.91. The SMILES string of the molecule is CC(=O)c1c2c(c3ccccn13)CCCC2. The van der Waals surface area contributed by atoms with Crippen molar-refractivity contribution in [2.24, 2.45) is 0 Å². The lowest BCUT2D eigenvalue weighted by Gasteiger charge is -2.11. The molecule has 1 aliphatic rings. The highest BCUT2D eigenvalue weighted by Gasteiger charge is 2.22. The number of rotatable bonds is 1. The van der Waals surface area contributed by atoms with Gasteiger partial charge in [0.25, 0.3) is 0 Å². The third kappa shape index (κ3) is 1.22. The number of hydrogen-bond acceptors (Lipinski definition) is 1. The summed E-state index contributed by atoms with van der Waals surface area (Å²) < 4.78 is 2.07. The first kappa shape index (κ1) is 9.64. The van der Waals surface area contributed by atoms with E-state index >= 15 is 0 Å². The van der Waals surface area contributed by atoms with Crippen molar-refractivity contribution in [2.75, 3.05) is 0 Å². The van der Waals surface area contributed by atoms with Crippen molar-refractivity contribution in [1.29, 1.82) is 0 Å². The molecule has 2 heteroatoms. The number of carbonyl (C=O) groups excluding carboxylic acids is 1. The molecule has 0 aliphatic heterocycles. The summed E-state index contributed by atoms with van der Waals surface area (Å²) in [4.78, 5) is 11.8. The molecule has 2 aromatic heterocycles. The number of ketones is 1. The van der Waals surface area contributed by atoms with E-state index in [1.54, 1.807) is 6.92 Å². The van der Waals surface area contributed by atoms with E-state index in [2.05, 4.69) is 10.5 Å². The van der Waals surface area contributed by atoms with E-state index in [1.807, 2.05) is 18.3 Å². The van der Waals surface area contributed by atoms with Crippen LogP contribution in [0, 0.1) is 0 Å². The van der Waals surface area contributed by atoms with Crippen LogP contribution in [0.15, 0.2) is 24.4 Å². The molecule has 0 aromatic carbocycles. The van der Waals surface area contributed by atoms with Gasteiger partial charge in [-0.1, -0.05) is 6.07 Å². The van der Waals surface area contributed by atoms with Crippen molar-refractivity contribution in [3.63, 3.8) is 0 Å². The van der Waals surface area contributed by atoms with Crippen molar-refractivity contribution >= 4 is 11.3 Å². The second-order valence-corrected chi connectivity index (χ2v) is 4.52. The molecule has 0 fully saturated rings. The first-order chi connectivity index (χ1) is 7.79. The molecule has 16 heavy (non-hydrogen) atoms. The van der Waals surface area contributed by atoms with E-state index in [-0.39, 0.29) is 5.78 Å². The summed E-state index contributed by atoms with van der Waals surface area (Å²) in [5.41, 5.74) is 4.83. The fourth-order valence-electron chi connectivity index (χ4n) is 2.86. The molecule has 0 bridgehead atoms. The van der Waals surface area contributed by atoms with Crippen LogP contribution in [0.25, 0.3) is 5.52 Å². The van der Waals surface area contributed by atoms with Crippen LogP contribution in [0.4, 0.5) is 0 Å². The Bertz CT molecular complexity index is 565. The fraction of sp³-hybridized carbons (Fsp3) is 0.357. The van der Waals surface area contributed by atoms with Gasteiger partial charge in [-0.15, -0.1) is 0 Å². The molecule has 0 spiro atoms. The van der Waals surface area contributed by atoms with Crippen molar-refractivity contribution in [2.45, 2.75) is 32.6 Å². The van der Waals surface area contributed by atoms with Crippen molar-refractivity contribution in [1.82, 2.24) is 4.40 Å². The number of aromatic nitrogens is 1. The maximum atomic E-state index is 11.8. The largest absolute Gasteiger partial charge is 0.313 e. The zero-order valence-corrected chi connectivity index (χ0v) is 9.49. The van der Waals surface area contributed by atoms with E-state index in [4.69, 9.17) is 0 Å². The Morgan fingerprint density at radius 1 is 1.19 bits per heavy atom. The standard InChI is InChI=1S/C14H15NO/c1-10(16)14-12-7-3-2-6-11(12)13-8-4-5-9-15(13)14/h4-5,8-9H,2-3,6-7H2,1H3. The average molecular weight is 213 g/mol. The highest BCUT2D eigenvalue weighted by Crippen LogP contribution is 2.30. The van der Waals surface area contributed by atoms with E-state index in [1.165, 1.54) is 29.5 Å².